The minimum atomic E-state index is -1.18. The Morgan fingerprint density at radius 1 is 1.33 bits per heavy atom. The molecule has 12 heteroatoms. The molecule has 0 aliphatic carbocycles. The van der Waals surface area contributed by atoms with Crippen molar-refractivity contribution in [1.29, 1.82) is 0 Å². The topological polar surface area (TPSA) is 152 Å². The molecule has 3 aliphatic heterocycles. The minimum absolute atomic E-state index is 0.0358. The number of aliphatic hydroxyl groups excluding tert-OH is 1. The molecule has 0 saturated carbocycles. The van der Waals surface area contributed by atoms with E-state index < -0.39 is 43.0 Å². The van der Waals surface area contributed by atoms with Crippen molar-refractivity contribution in [3.05, 3.63) is 10.6 Å². The summed E-state index contributed by atoms with van der Waals surface area (Å²) in [5.74, 6) is -2.87. The van der Waals surface area contributed by atoms with Crippen LogP contribution in [0.2, 0.25) is 0 Å². The number of fused-ring (bicyclic) bond motifs is 1. The Kier molecular flexibility index (Phi) is 8.24. The Morgan fingerprint density at radius 3 is 2.70 bits per heavy atom. The third kappa shape index (κ3) is 5.28. The molecule has 11 nitrogen and oxygen atoms in total. The molecule has 184 valence electrons. The van der Waals surface area contributed by atoms with Crippen molar-refractivity contribution in [1.82, 2.24) is 10.2 Å². The fraction of sp³-hybridized carbons (Fsp3) is 0.714. The van der Waals surface area contributed by atoms with Gasteiger partial charge in [0.25, 0.3) is 0 Å². The van der Waals surface area contributed by atoms with E-state index in [0.29, 0.717) is 24.4 Å². The smallest absolute Gasteiger partial charge is 0.410 e. The zero-order valence-corrected chi connectivity index (χ0v) is 19.6. The molecular weight excluding hydrogens is 456 g/mol. The lowest BCUT2D eigenvalue weighted by Crippen LogP contribution is -2.63. The van der Waals surface area contributed by atoms with Crippen LogP contribution in [0.1, 0.15) is 40.0 Å². The van der Waals surface area contributed by atoms with Crippen LogP contribution in [0, 0.1) is 11.8 Å². The van der Waals surface area contributed by atoms with E-state index in [-0.39, 0.29) is 41.8 Å². The number of hydrogen-bond donors (Lipinski definition) is 3. The summed E-state index contributed by atoms with van der Waals surface area (Å²) in [6.45, 7) is 5.33. The van der Waals surface area contributed by atoms with Crippen molar-refractivity contribution in [2.75, 3.05) is 19.9 Å². The molecule has 33 heavy (non-hydrogen) atoms. The van der Waals surface area contributed by atoms with E-state index in [9.17, 15) is 29.4 Å². The number of esters is 1. The zero-order chi connectivity index (χ0) is 24.3. The van der Waals surface area contributed by atoms with Gasteiger partial charge in [-0.3, -0.25) is 9.59 Å². The standard InChI is InChI=1S/C21H30N2O9S/c1-4-5-14(25)31-9-32-21(29)22-8-12-13(6-7-30-12)33-18-10(2)16-15(11(3)24)19(26)23(16)17(18)20(27)28/h10-13,15-16,24H,4-9H2,1-3H3,(H,22,29)(H,27,28)/t10-,11-,12-,13-,15-,16?/m1/s1. The number of nitrogens with zero attached hydrogens (tertiary/aromatic N) is 1. The van der Waals surface area contributed by atoms with Crippen molar-refractivity contribution in [2.24, 2.45) is 11.8 Å². The van der Waals surface area contributed by atoms with Crippen LogP contribution < -0.4 is 5.32 Å². The molecule has 0 radical (unpaired) electrons. The van der Waals surface area contributed by atoms with Gasteiger partial charge in [0.1, 0.15) is 5.70 Å². The second kappa shape index (κ2) is 10.7. The van der Waals surface area contributed by atoms with E-state index in [1.165, 1.54) is 23.6 Å². The highest BCUT2D eigenvalue weighted by molar-refractivity contribution is 8.03. The summed E-state index contributed by atoms with van der Waals surface area (Å²) in [6, 6.07) is -0.379. The molecule has 0 bridgehead atoms. The van der Waals surface area contributed by atoms with Gasteiger partial charge in [-0.05, 0) is 19.8 Å². The van der Waals surface area contributed by atoms with Gasteiger partial charge in [-0.2, -0.15) is 0 Å². The van der Waals surface area contributed by atoms with E-state index >= 15 is 0 Å². The lowest BCUT2D eigenvalue weighted by Gasteiger charge is -2.46. The van der Waals surface area contributed by atoms with Crippen LogP contribution in [0.4, 0.5) is 4.79 Å². The Morgan fingerprint density at radius 2 is 2.06 bits per heavy atom. The van der Waals surface area contributed by atoms with Gasteiger partial charge in [-0.15, -0.1) is 11.8 Å². The highest BCUT2D eigenvalue weighted by atomic mass is 32.2. The number of amides is 2. The van der Waals surface area contributed by atoms with Gasteiger partial charge in [-0.25, -0.2) is 9.59 Å². The van der Waals surface area contributed by atoms with E-state index in [4.69, 9.17) is 14.2 Å². The number of carbonyl (C=O) groups excluding carboxylic acids is 3. The van der Waals surface area contributed by atoms with Crippen LogP contribution in [0.5, 0.6) is 0 Å². The summed E-state index contributed by atoms with van der Waals surface area (Å²) in [4.78, 5) is 49.5. The van der Waals surface area contributed by atoms with Gasteiger partial charge in [0.05, 0.1) is 24.2 Å². The van der Waals surface area contributed by atoms with Gasteiger partial charge in [0.15, 0.2) is 0 Å². The molecule has 0 aromatic heterocycles. The molecule has 0 aromatic rings. The minimum Gasteiger partial charge on any atom is -0.477 e. The fourth-order valence-corrected chi connectivity index (χ4v) is 5.97. The van der Waals surface area contributed by atoms with Crippen LogP contribution in [-0.4, -0.2) is 82.5 Å². The summed E-state index contributed by atoms with van der Waals surface area (Å²) in [5, 5.41) is 22.2. The van der Waals surface area contributed by atoms with Crippen LogP contribution in [0.25, 0.3) is 0 Å². The molecule has 3 aliphatic rings. The number of rotatable bonds is 10. The van der Waals surface area contributed by atoms with Crippen molar-refractivity contribution < 1.29 is 43.6 Å². The summed E-state index contributed by atoms with van der Waals surface area (Å²) in [5.41, 5.74) is -0.0358. The van der Waals surface area contributed by atoms with Crippen LogP contribution in [0.15, 0.2) is 10.6 Å². The molecule has 2 amide bonds. The highest BCUT2D eigenvalue weighted by Crippen LogP contribution is 2.52. The summed E-state index contributed by atoms with van der Waals surface area (Å²) < 4.78 is 15.3. The molecule has 2 fully saturated rings. The molecule has 3 rings (SSSR count). The number of nitrogens with one attached hydrogen (secondary N) is 1. The number of carboxylic acids is 1. The van der Waals surface area contributed by atoms with Gasteiger partial charge in [-0.1, -0.05) is 13.8 Å². The van der Waals surface area contributed by atoms with Gasteiger partial charge < -0.3 is 34.6 Å². The highest BCUT2D eigenvalue weighted by Gasteiger charge is 2.60. The second-order valence-electron chi connectivity index (χ2n) is 8.32. The lowest BCUT2D eigenvalue weighted by molar-refractivity contribution is -0.163. The Bertz CT molecular complexity index is 831. The maximum Gasteiger partial charge on any atom is 0.410 e. The van der Waals surface area contributed by atoms with Crippen LogP contribution >= 0.6 is 11.8 Å². The van der Waals surface area contributed by atoms with Crippen molar-refractivity contribution >= 4 is 35.7 Å². The first-order valence-corrected chi connectivity index (χ1v) is 11.9. The average molecular weight is 487 g/mol. The summed E-state index contributed by atoms with van der Waals surface area (Å²) in [6.07, 6.45) is -0.492. The SMILES string of the molecule is CCCC(=O)OCOC(=O)NC[C@H]1OCC[C@H]1SC1=C(C(=O)O)N2C(=O)[C@H]([C@@H](C)O)C2[C@H]1C. The predicted molar refractivity (Wildman–Crippen MR) is 116 cm³/mol. The number of aliphatic hydroxyl groups is 1. The van der Waals surface area contributed by atoms with Gasteiger partial charge in [0, 0.05) is 35.6 Å². The summed E-state index contributed by atoms with van der Waals surface area (Å²) in [7, 11) is 0. The molecule has 0 aromatic carbocycles. The van der Waals surface area contributed by atoms with Crippen molar-refractivity contribution in [2.45, 2.75) is 63.5 Å². The Labute approximate surface area is 195 Å². The zero-order valence-electron chi connectivity index (χ0n) is 18.8. The quantitative estimate of drug-likeness (QED) is 0.232. The number of hydrogen-bond acceptors (Lipinski definition) is 9. The monoisotopic (exact) mass is 486 g/mol. The molecule has 3 N–H and O–H groups in total. The van der Waals surface area contributed by atoms with Crippen LogP contribution in [0.3, 0.4) is 0 Å². The molecule has 0 spiro atoms. The van der Waals surface area contributed by atoms with Crippen molar-refractivity contribution in [3.8, 4) is 0 Å². The largest absolute Gasteiger partial charge is 0.477 e. The Hall–Kier alpha value is -2.31. The van der Waals surface area contributed by atoms with Gasteiger partial charge >= 0.3 is 18.0 Å². The van der Waals surface area contributed by atoms with Crippen LogP contribution in [-0.2, 0) is 28.6 Å². The third-order valence-electron chi connectivity index (χ3n) is 6.05. The van der Waals surface area contributed by atoms with E-state index in [1.54, 1.807) is 0 Å². The van der Waals surface area contributed by atoms with Gasteiger partial charge in [0.2, 0.25) is 12.7 Å². The number of alkyl carbamates (subject to hydrolysis) is 1. The predicted octanol–water partition coefficient (Wildman–Crippen LogP) is 1.06. The first-order chi connectivity index (χ1) is 15.7. The van der Waals surface area contributed by atoms with Crippen molar-refractivity contribution in [3.63, 3.8) is 0 Å². The lowest BCUT2D eigenvalue weighted by atomic mass is 9.79. The maximum absolute atomic E-state index is 12.5. The fourth-order valence-electron chi connectivity index (χ4n) is 4.46. The van der Waals surface area contributed by atoms with E-state index in [0.717, 1.165) is 0 Å². The molecule has 2 saturated heterocycles. The normalized spacial score (nSPS) is 29.4. The molecule has 1 unspecified atom stereocenters. The number of aliphatic carboxylic acids is 1. The number of β-lactam (4-membered cyclic amide) rings is 1. The number of carbonyl (C=O) groups is 4. The second-order valence-corrected chi connectivity index (χ2v) is 9.60. The number of ether oxygens (including phenoxy) is 3. The number of thioether (sulfide) groups is 1. The molecule has 6 atom stereocenters. The van der Waals surface area contributed by atoms with E-state index in [2.05, 4.69) is 5.32 Å². The Balaban J connectivity index is 1.57. The first kappa shape index (κ1) is 25.3. The van der Waals surface area contributed by atoms with E-state index in [1.807, 2.05) is 13.8 Å². The molecular formula is C21H30N2O9S. The number of carboxylic acid groups (broad SMARTS) is 1. The third-order valence-corrected chi connectivity index (χ3v) is 7.71. The average Bonchev–Trinajstić information content (AvgIpc) is 3.27. The summed E-state index contributed by atoms with van der Waals surface area (Å²) >= 11 is 1.35. The maximum atomic E-state index is 12.5. The molecule has 3 heterocycles. The first-order valence-electron chi connectivity index (χ1n) is 11.0.